The molecular formula is C15H33N3O8. The van der Waals surface area contributed by atoms with E-state index in [1.807, 2.05) is 6.92 Å². The van der Waals surface area contributed by atoms with Gasteiger partial charge < -0.3 is 46.6 Å². The maximum Gasteiger partial charge on any atom is 0.221 e. The van der Waals surface area contributed by atoms with Gasteiger partial charge in [-0.05, 0) is 13.0 Å². The summed E-state index contributed by atoms with van der Waals surface area (Å²) in [6.07, 6.45) is 1.57. The summed E-state index contributed by atoms with van der Waals surface area (Å²) < 4.78 is 0. The molecule has 0 saturated carbocycles. The highest BCUT2D eigenvalue weighted by Crippen LogP contribution is 2.01. The van der Waals surface area contributed by atoms with Gasteiger partial charge in [0, 0.05) is 13.0 Å². The number of aliphatic hydroxyl groups is 6. The van der Waals surface area contributed by atoms with E-state index in [9.17, 15) is 9.59 Å². The summed E-state index contributed by atoms with van der Waals surface area (Å²) in [5.74, 6) is -0.305. The maximum absolute atomic E-state index is 11.4. The Hall–Kier alpha value is -1.34. The fourth-order valence-electron chi connectivity index (χ4n) is 1.54. The number of hydrogen-bond donors (Lipinski definition) is 9. The van der Waals surface area contributed by atoms with E-state index in [1.54, 1.807) is 0 Å². The summed E-state index contributed by atoms with van der Waals surface area (Å²) in [6, 6.07) is 0. The average Bonchev–Trinajstić information content (AvgIpc) is 2.68. The molecule has 0 rings (SSSR count). The SMILES string of the molecule is CCCNCCC(=O)NC(CO)(CO)CO.O=CNC(CO)(CO)CO. The van der Waals surface area contributed by atoms with Crippen LogP contribution >= 0.6 is 0 Å². The van der Waals surface area contributed by atoms with Crippen molar-refractivity contribution in [3.63, 3.8) is 0 Å². The summed E-state index contributed by atoms with van der Waals surface area (Å²) >= 11 is 0. The largest absolute Gasteiger partial charge is 0.394 e. The van der Waals surface area contributed by atoms with Crippen LogP contribution in [0.3, 0.4) is 0 Å². The van der Waals surface area contributed by atoms with Crippen LogP contribution in [0.5, 0.6) is 0 Å². The second-order valence-electron chi connectivity index (χ2n) is 5.82. The molecule has 26 heavy (non-hydrogen) atoms. The third kappa shape index (κ3) is 10.6. The molecule has 0 aliphatic rings. The van der Waals surface area contributed by atoms with Crippen molar-refractivity contribution in [1.29, 1.82) is 0 Å². The minimum Gasteiger partial charge on any atom is -0.394 e. The number of carbonyl (C=O) groups is 2. The van der Waals surface area contributed by atoms with Gasteiger partial charge in [-0.15, -0.1) is 0 Å². The van der Waals surface area contributed by atoms with Crippen LogP contribution in [0.4, 0.5) is 0 Å². The van der Waals surface area contributed by atoms with Gasteiger partial charge in [-0.3, -0.25) is 9.59 Å². The molecule has 0 aromatic heterocycles. The molecule has 2 amide bonds. The lowest BCUT2D eigenvalue weighted by molar-refractivity contribution is -0.125. The highest BCUT2D eigenvalue weighted by atomic mass is 16.3. The van der Waals surface area contributed by atoms with Crippen LogP contribution in [0.15, 0.2) is 0 Å². The standard InChI is InChI=1S/C10H22N2O4.C5H11NO4/c1-2-4-11-5-3-9(16)12-10(6-13,7-14)8-15;7-1-5(2-8,3-9)6-4-10/h11,13-15H,2-8H2,1H3,(H,12,16);4,7-9H,1-3H2,(H,6,10). The van der Waals surface area contributed by atoms with Gasteiger partial charge in [0.15, 0.2) is 0 Å². The first-order valence-corrected chi connectivity index (χ1v) is 8.26. The average molecular weight is 383 g/mol. The Morgan fingerprint density at radius 1 is 0.846 bits per heavy atom. The van der Waals surface area contributed by atoms with E-state index < -0.39 is 50.7 Å². The van der Waals surface area contributed by atoms with E-state index in [-0.39, 0.29) is 12.3 Å². The van der Waals surface area contributed by atoms with Gasteiger partial charge >= 0.3 is 0 Å². The molecule has 0 saturated heterocycles. The van der Waals surface area contributed by atoms with E-state index in [0.29, 0.717) is 13.0 Å². The predicted molar refractivity (Wildman–Crippen MR) is 93.1 cm³/mol. The molecule has 0 bridgehead atoms. The Labute approximate surface area is 153 Å². The highest BCUT2D eigenvalue weighted by Gasteiger charge is 2.29. The number of carbonyl (C=O) groups excluding carboxylic acids is 2. The van der Waals surface area contributed by atoms with Crippen molar-refractivity contribution in [2.75, 3.05) is 52.7 Å². The zero-order chi connectivity index (χ0) is 20.5. The molecule has 0 radical (unpaired) electrons. The summed E-state index contributed by atoms with van der Waals surface area (Å²) in [5, 5.41) is 60.3. The first-order chi connectivity index (χ1) is 12.4. The Morgan fingerprint density at radius 3 is 1.62 bits per heavy atom. The number of nitrogens with one attached hydrogen (secondary N) is 3. The Morgan fingerprint density at radius 2 is 1.31 bits per heavy atom. The van der Waals surface area contributed by atoms with E-state index in [2.05, 4.69) is 16.0 Å². The first kappa shape index (κ1) is 26.9. The van der Waals surface area contributed by atoms with Crippen LogP contribution in [-0.4, -0.2) is 107 Å². The van der Waals surface area contributed by atoms with Crippen LogP contribution in [0.25, 0.3) is 0 Å². The van der Waals surface area contributed by atoms with Crippen molar-refractivity contribution in [2.45, 2.75) is 30.8 Å². The highest BCUT2D eigenvalue weighted by molar-refractivity contribution is 5.77. The smallest absolute Gasteiger partial charge is 0.221 e. The fourth-order valence-corrected chi connectivity index (χ4v) is 1.54. The molecule has 0 unspecified atom stereocenters. The van der Waals surface area contributed by atoms with Crippen molar-refractivity contribution in [3.05, 3.63) is 0 Å². The lowest BCUT2D eigenvalue weighted by Crippen LogP contribution is -2.57. The number of amides is 2. The third-order valence-electron chi connectivity index (χ3n) is 3.54. The molecule has 0 aromatic rings. The number of aliphatic hydroxyl groups excluding tert-OH is 6. The summed E-state index contributed by atoms with van der Waals surface area (Å²) in [4.78, 5) is 21.3. The molecule has 0 spiro atoms. The maximum atomic E-state index is 11.4. The Kier molecular flexibility index (Phi) is 16.4. The van der Waals surface area contributed by atoms with Crippen molar-refractivity contribution in [2.24, 2.45) is 0 Å². The molecule has 0 atom stereocenters. The molecule has 0 fully saturated rings. The van der Waals surface area contributed by atoms with Gasteiger partial charge in [-0.2, -0.15) is 0 Å². The lowest BCUT2D eigenvalue weighted by Gasteiger charge is -2.28. The van der Waals surface area contributed by atoms with Crippen LogP contribution in [0.2, 0.25) is 0 Å². The van der Waals surface area contributed by atoms with E-state index >= 15 is 0 Å². The van der Waals surface area contributed by atoms with Gasteiger partial charge in [0.05, 0.1) is 39.6 Å². The molecule has 156 valence electrons. The van der Waals surface area contributed by atoms with Crippen molar-refractivity contribution in [1.82, 2.24) is 16.0 Å². The minimum atomic E-state index is -1.32. The molecule has 0 aromatic carbocycles. The first-order valence-electron chi connectivity index (χ1n) is 8.26. The summed E-state index contributed by atoms with van der Waals surface area (Å²) in [6.45, 7) is 0.477. The van der Waals surface area contributed by atoms with Crippen molar-refractivity contribution < 1.29 is 40.2 Å². The minimum absolute atomic E-state index is 0.252. The van der Waals surface area contributed by atoms with Crippen molar-refractivity contribution >= 4 is 12.3 Å². The monoisotopic (exact) mass is 383 g/mol. The number of rotatable bonds is 14. The molecule has 0 aliphatic heterocycles. The van der Waals surface area contributed by atoms with Crippen LogP contribution in [0.1, 0.15) is 19.8 Å². The van der Waals surface area contributed by atoms with Gasteiger partial charge in [-0.1, -0.05) is 6.92 Å². The lowest BCUT2D eigenvalue weighted by atomic mass is 10.0. The zero-order valence-corrected chi connectivity index (χ0v) is 15.1. The van der Waals surface area contributed by atoms with Crippen LogP contribution in [0, 0.1) is 0 Å². The Bertz CT molecular complexity index is 346. The van der Waals surface area contributed by atoms with E-state index in [0.717, 1.165) is 13.0 Å². The summed E-state index contributed by atoms with van der Waals surface area (Å²) in [5.41, 5.74) is -2.59. The molecule has 9 N–H and O–H groups in total. The van der Waals surface area contributed by atoms with Gasteiger partial charge in [0.1, 0.15) is 11.1 Å². The molecule has 0 heterocycles. The van der Waals surface area contributed by atoms with E-state index in [1.165, 1.54) is 0 Å². The number of hydrogen-bond acceptors (Lipinski definition) is 9. The second-order valence-corrected chi connectivity index (χ2v) is 5.82. The van der Waals surface area contributed by atoms with Gasteiger partial charge in [-0.25, -0.2) is 0 Å². The normalized spacial score (nSPS) is 11.3. The fraction of sp³-hybridized carbons (Fsp3) is 0.867. The van der Waals surface area contributed by atoms with Gasteiger partial charge in [0.2, 0.25) is 12.3 Å². The summed E-state index contributed by atoms with van der Waals surface area (Å²) in [7, 11) is 0. The second kappa shape index (κ2) is 15.9. The zero-order valence-electron chi connectivity index (χ0n) is 15.1. The van der Waals surface area contributed by atoms with E-state index in [4.69, 9.17) is 30.6 Å². The quantitative estimate of drug-likeness (QED) is 0.105. The Balaban J connectivity index is 0. The van der Waals surface area contributed by atoms with Crippen LogP contribution < -0.4 is 16.0 Å². The molecule has 0 aliphatic carbocycles. The topological polar surface area (TPSA) is 192 Å². The molecule has 11 heteroatoms. The predicted octanol–water partition coefficient (Wildman–Crippen LogP) is -4.34. The third-order valence-corrected chi connectivity index (χ3v) is 3.54. The molecule has 11 nitrogen and oxygen atoms in total. The van der Waals surface area contributed by atoms with Gasteiger partial charge in [0.25, 0.3) is 0 Å². The van der Waals surface area contributed by atoms with Crippen LogP contribution in [-0.2, 0) is 9.59 Å². The van der Waals surface area contributed by atoms with Crippen molar-refractivity contribution in [3.8, 4) is 0 Å². The molecular weight excluding hydrogens is 350 g/mol.